The Balaban J connectivity index is 1.50. The Morgan fingerprint density at radius 2 is 2.11 bits per heavy atom. The lowest BCUT2D eigenvalue weighted by Crippen LogP contribution is -2.31. The second kappa shape index (κ2) is 5.80. The number of piperidine rings is 1. The van der Waals surface area contributed by atoms with E-state index in [4.69, 9.17) is 4.52 Å². The summed E-state index contributed by atoms with van der Waals surface area (Å²) in [6.07, 6.45) is 7.28. The van der Waals surface area contributed by atoms with Gasteiger partial charge in [0.25, 0.3) is 0 Å². The van der Waals surface area contributed by atoms with Gasteiger partial charge in [0.15, 0.2) is 5.82 Å². The van der Waals surface area contributed by atoms with E-state index in [0.29, 0.717) is 6.04 Å². The molecule has 2 aliphatic heterocycles. The zero-order valence-corrected chi connectivity index (χ0v) is 10.9. The largest absolute Gasteiger partial charge is 0.339 e. The van der Waals surface area contributed by atoms with Crippen LogP contribution in [0.15, 0.2) is 4.52 Å². The molecule has 3 heterocycles. The monoisotopic (exact) mass is 250 g/mol. The summed E-state index contributed by atoms with van der Waals surface area (Å²) < 4.78 is 5.34. The number of aromatic nitrogens is 2. The standard InChI is InChI=1S/C13H22N4O/c1-2-8-17(9-3-1)10-6-12-15-13(16-18-12)11-5-4-7-14-11/h11,14H,1-10H2. The summed E-state index contributed by atoms with van der Waals surface area (Å²) in [6, 6.07) is 0.317. The molecule has 0 spiro atoms. The van der Waals surface area contributed by atoms with Gasteiger partial charge in [-0.2, -0.15) is 4.98 Å². The normalized spacial score (nSPS) is 25.7. The Morgan fingerprint density at radius 3 is 2.89 bits per heavy atom. The quantitative estimate of drug-likeness (QED) is 0.878. The average molecular weight is 250 g/mol. The summed E-state index contributed by atoms with van der Waals surface area (Å²) in [5.74, 6) is 1.64. The van der Waals surface area contributed by atoms with E-state index in [0.717, 1.165) is 37.6 Å². The van der Waals surface area contributed by atoms with Crippen LogP contribution in [0.3, 0.4) is 0 Å². The van der Waals surface area contributed by atoms with Crippen LogP contribution in [0.4, 0.5) is 0 Å². The maximum Gasteiger partial charge on any atom is 0.227 e. The van der Waals surface area contributed by atoms with E-state index >= 15 is 0 Å². The molecule has 0 aromatic carbocycles. The molecule has 1 aromatic rings. The molecule has 100 valence electrons. The first-order valence-corrected chi connectivity index (χ1v) is 7.20. The molecule has 3 rings (SSSR count). The van der Waals surface area contributed by atoms with Gasteiger partial charge in [-0.05, 0) is 45.3 Å². The third kappa shape index (κ3) is 2.90. The van der Waals surface area contributed by atoms with Crippen molar-refractivity contribution >= 4 is 0 Å². The van der Waals surface area contributed by atoms with E-state index in [1.165, 1.54) is 38.8 Å². The van der Waals surface area contributed by atoms with Crippen LogP contribution in [-0.2, 0) is 6.42 Å². The van der Waals surface area contributed by atoms with Gasteiger partial charge in [-0.25, -0.2) is 0 Å². The van der Waals surface area contributed by atoms with Crippen molar-refractivity contribution < 1.29 is 4.52 Å². The smallest absolute Gasteiger partial charge is 0.227 e. The van der Waals surface area contributed by atoms with Gasteiger partial charge >= 0.3 is 0 Å². The third-order valence-corrected chi connectivity index (χ3v) is 3.95. The van der Waals surface area contributed by atoms with Gasteiger partial charge < -0.3 is 14.7 Å². The van der Waals surface area contributed by atoms with Crippen LogP contribution in [0.25, 0.3) is 0 Å². The zero-order chi connectivity index (χ0) is 12.2. The lowest BCUT2D eigenvalue weighted by atomic mass is 10.1. The van der Waals surface area contributed by atoms with Crippen molar-refractivity contribution in [3.8, 4) is 0 Å². The minimum atomic E-state index is 0.317. The molecule has 0 radical (unpaired) electrons. The van der Waals surface area contributed by atoms with E-state index < -0.39 is 0 Å². The maximum atomic E-state index is 5.34. The summed E-state index contributed by atoms with van der Waals surface area (Å²) in [6.45, 7) is 4.58. The molecule has 5 nitrogen and oxygen atoms in total. The third-order valence-electron chi connectivity index (χ3n) is 3.95. The van der Waals surface area contributed by atoms with Crippen molar-refractivity contribution in [2.75, 3.05) is 26.2 Å². The molecule has 2 aliphatic rings. The first-order valence-electron chi connectivity index (χ1n) is 7.20. The second-order valence-corrected chi connectivity index (χ2v) is 5.35. The predicted octanol–water partition coefficient (Wildman–Crippen LogP) is 1.52. The second-order valence-electron chi connectivity index (χ2n) is 5.35. The predicted molar refractivity (Wildman–Crippen MR) is 68.3 cm³/mol. The fourth-order valence-corrected chi connectivity index (χ4v) is 2.85. The van der Waals surface area contributed by atoms with Crippen LogP contribution >= 0.6 is 0 Å². The zero-order valence-electron chi connectivity index (χ0n) is 10.9. The fourth-order valence-electron chi connectivity index (χ4n) is 2.85. The van der Waals surface area contributed by atoms with E-state index in [1.807, 2.05) is 0 Å². The topological polar surface area (TPSA) is 54.2 Å². The molecule has 1 N–H and O–H groups in total. The number of nitrogens with zero attached hydrogens (tertiary/aromatic N) is 3. The SMILES string of the molecule is C1CCN(CCc2nc(C3CCCN3)no2)CC1. The highest BCUT2D eigenvalue weighted by Gasteiger charge is 2.21. The highest BCUT2D eigenvalue weighted by atomic mass is 16.5. The van der Waals surface area contributed by atoms with Crippen molar-refractivity contribution in [2.24, 2.45) is 0 Å². The molecule has 1 atom stereocenters. The number of likely N-dealkylation sites (tertiary alicyclic amines) is 1. The summed E-state index contributed by atoms with van der Waals surface area (Å²) in [4.78, 5) is 7.01. The van der Waals surface area contributed by atoms with Crippen molar-refractivity contribution in [2.45, 2.75) is 44.6 Å². The van der Waals surface area contributed by atoms with Gasteiger partial charge in [-0.15, -0.1) is 0 Å². The molecule has 0 amide bonds. The van der Waals surface area contributed by atoms with E-state index in [2.05, 4.69) is 20.4 Å². The molecule has 1 aromatic heterocycles. The Bertz CT molecular complexity index is 367. The van der Waals surface area contributed by atoms with Gasteiger partial charge in [0.2, 0.25) is 5.89 Å². The molecule has 0 saturated carbocycles. The molecule has 18 heavy (non-hydrogen) atoms. The van der Waals surface area contributed by atoms with Crippen molar-refractivity contribution in [3.05, 3.63) is 11.7 Å². The van der Waals surface area contributed by atoms with Crippen LogP contribution in [0.5, 0.6) is 0 Å². The van der Waals surface area contributed by atoms with Crippen LogP contribution in [0, 0.1) is 0 Å². The number of hydrogen-bond acceptors (Lipinski definition) is 5. The lowest BCUT2D eigenvalue weighted by Gasteiger charge is -2.25. The number of rotatable bonds is 4. The summed E-state index contributed by atoms with van der Waals surface area (Å²) in [5, 5.41) is 7.49. The Labute approximate surface area is 108 Å². The molecule has 2 fully saturated rings. The Hall–Kier alpha value is -0.940. The van der Waals surface area contributed by atoms with Gasteiger partial charge in [-0.3, -0.25) is 0 Å². The van der Waals surface area contributed by atoms with Crippen molar-refractivity contribution in [1.82, 2.24) is 20.4 Å². The van der Waals surface area contributed by atoms with E-state index in [9.17, 15) is 0 Å². The minimum Gasteiger partial charge on any atom is -0.339 e. The maximum absolute atomic E-state index is 5.34. The average Bonchev–Trinajstić information content (AvgIpc) is 3.08. The van der Waals surface area contributed by atoms with Gasteiger partial charge in [0, 0.05) is 13.0 Å². The summed E-state index contributed by atoms with van der Waals surface area (Å²) >= 11 is 0. The van der Waals surface area contributed by atoms with Gasteiger partial charge in [0.05, 0.1) is 6.04 Å². The first-order chi connectivity index (χ1) is 8.92. The molecule has 2 saturated heterocycles. The summed E-state index contributed by atoms with van der Waals surface area (Å²) in [5.41, 5.74) is 0. The Kier molecular flexibility index (Phi) is 3.90. The van der Waals surface area contributed by atoms with E-state index in [1.54, 1.807) is 0 Å². The van der Waals surface area contributed by atoms with Crippen LogP contribution in [0.1, 0.15) is 49.9 Å². The highest BCUT2D eigenvalue weighted by molar-refractivity contribution is 4.97. The first kappa shape index (κ1) is 12.1. The molecular weight excluding hydrogens is 228 g/mol. The van der Waals surface area contributed by atoms with Gasteiger partial charge in [-0.1, -0.05) is 11.6 Å². The van der Waals surface area contributed by atoms with Crippen LogP contribution in [-0.4, -0.2) is 41.2 Å². The molecule has 0 bridgehead atoms. The number of hydrogen-bond donors (Lipinski definition) is 1. The number of nitrogens with one attached hydrogen (secondary N) is 1. The fraction of sp³-hybridized carbons (Fsp3) is 0.846. The van der Waals surface area contributed by atoms with E-state index in [-0.39, 0.29) is 0 Å². The lowest BCUT2D eigenvalue weighted by molar-refractivity contribution is 0.223. The van der Waals surface area contributed by atoms with Crippen LogP contribution in [0.2, 0.25) is 0 Å². The van der Waals surface area contributed by atoms with Crippen molar-refractivity contribution in [3.63, 3.8) is 0 Å². The van der Waals surface area contributed by atoms with Crippen LogP contribution < -0.4 is 5.32 Å². The molecule has 0 aliphatic carbocycles. The minimum absolute atomic E-state index is 0.317. The highest BCUT2D eigenvalue weighted by Crippen LogP contribution is 2.20. The molecule has 5 heteroatoms. The van der Waals surface area contributed by atoms with Crippen molar-refractivity contribution in [1.29, 1.82) is 0 Å². The molecular formula is C13H22N4O. The Morgan fingerprint density at radius 1 is 1.22 bits per heavy atom. The molecule has 1 unspecified atom stereocenters. The summed E-state index contributed by atoms with van der Waals surface area (Å²) in [7, 11) is 0. The van der Waals surface area contributed by atoms with Gasteiger partial charge in [0.1, 0.15) is 0 Å².